The normalized spacial score (nSPS) is 10.7. The van der Waals surface area contributed by atoms with Gasteiger partial charge in [-0.3, -0.25) is 10.1 Å². The van der Waals surface area contributed by atoms with Gasteiger partial charge in [-0.05, 0) is 41.8 Å². The Labute approximate surface area is 216 Å². The minimum Gasteiger partial charge on any atom is -0.493 e. The second-order valence-corrected chi connectivity index (χ2v) is 8.89. The number of imide groups is 1. The molecule has 9 nitrogen and oxygen atoms in total. The van der Waals surface area contributed by atoms with Crippen LogP contribution in [0.4, 0.5) is 10.5 Å². The lowest BCUT2D eigenvalue weighted by Gasteiger charge is -2.14. The Balaban J connectivity index is 1.41. The monoisotopic (exact) mass is 526 g/mol. The lowest BCUT2D eigenvalue weighted by Crippen LogP contribution is -2.35. The number of nitrogens with one attached hydrogen (secondary N) is 2. The maximum absolute atomic E-state index is 12.2. The van der Waals surface area contributed by atoms with Crippen LogP contribution in [0.1, 0.15) is 0 Å². The topological polar surface area (TPSA) is 104 Å². The Bertz CT molecular complexity index is 1430. The Hall–Kier alpha value is -3.89. The number of anilines is 1. The molecule has 4 rings (SSSR count). The molecule has 36 heavy (non-hydrogen) atoms. The van der Waals surface area contributed by atoms with Crippen molar-refractivity contribution in [2.45, 2.75) is 5.16 Å². The van der Waals surface area contributed by atoms with Crippen LogP contribution in [-0.4, -0.2) is 41.5 Å². The number of aromatic nitrogens is 2. The van der Waals surface area contributed by atoms with Crippen molar-refractivity contribution >= 4 is 51.8 Å². The van der Waals surface area contributed by atoms with Crippen molar-refractivity contribution in [2.75, 3.05) is 25.3 Å². The van der Waals surface area contributed by atoms with Gasteiger partial charge in [0, 0.05) is 30.5 Å². The molecule has 11 heteroatoms. The molecule has 0 radical (unpaired) electrons. The zero-order valence-corrected chi connectivity index (χ0v) is 21.3. The molecule has 0 bridgehead atoms. The molecule has 0 saturated carbocycles. The number of ether oxygens (including phenoxy) is 3. The minimum atomic E-state index is -0.666. The summed E-state index contributed by atoms with van der Waals surface area (Å²) in [6, 6.07) is 13.5. The second-order valence-electron chi connectivity index (χ2n) is 7.54. The van der Waals surface area contributed by atoms with E-state index in [1.54, 1.807) is 49.4 Å². The fraction of sp³-hybridized carbons (Fsp3) is 0.160. The molecule has 0 fully saturated rings. The number of amides is 3. The number of nitrogens with zero attached hydrogens (tertiary/aromatic N) is 2. The average Bonchev–Trinajstić information content (AvgIpc) is 3.28. The Morgan fingerprint density at radius 3 is 2.50 bits per heavy atom. The summed E-state index contributed by atoms with van der Waals surface area (Å²) in [7, 11) is 4.97. The van der Waals surface area contributed by atoms with Gasteiger partial charge in [0.1, 0.15) is 11.5 Å². The molecule has 0 atom stereocenters. The van der Waals surface area contributed by atoms with Gasteiger partial charge in [0.15, 0.2) is 16.7 Å². The van der Waals surface area contributed by atoms with E-state index in [4.69, 9.17) is 25.8 Å². The molecular weight excluding hydrogens is 504 g/mol. The van der Waals surface area contributed by atoms with Crippen molar-refractivity contribution in [1.29, 1.82) is 0 Å². The molecule has 1 heterocycles. The van der Waals surface area contributed by atoms with E-state index in [0.717, 1.165) is 10.8 Å². The van der Waals surface area contributed by atoms with Crippen LogP contribution in [0.15, 0.2) is 66.1 Å². The molecule has 186 valence electrons. The van der Waals surface area contributed by atoms with Crippen molar-refractivity contribution in [3.05, 3.63) is 65.9 Å². The van der Waals surface area contributed by atoms with E-state index in [9.17, 15) is 9.59 Å². The van der Waals surface area contributed by atoms with Gasteiger partial charge in [-0.1, -0.05) is 35.5 Å². The lowest BCUT2D eigenvalue weighted by molar-refractivity contribution is -0.117. The van der Waals surface area contributed by atoms with Gasteiger partial charge in [-0.15, -0.1) is 0 Å². The van der Waals surface area contributed by atoms with Crippen molar-refractivity contribution in [2.24, 2.45) is 7.05 Å². The predicted octanol–water partition coefficient (Wildman–Crippen LogP) is 5.48. The highest BCUT2D eigenvalue weighted by atomic mass is 35.5. The van der Waals surface area contributed by atoms with Crippen molar-refractivity contribution < 1.29 is 23.8 Å². The number of hydrogen-bond acceptors (Lipinski definition) is 7. The minimum absolute atomic E-state index is 0.0491. The number of fused-ring (bicyclic) bond motifs is 1. The third-order valence-electron chi connectivity index (χ3n) is 5.12. The number of methoxy groups -OCH3 is 2. The SMILES string of the molecule is COc1cc2cccc(Oc3ccc(NC(=O)NC(=O)CSc4nccn4C)cc3Cl)c2cc1OC. The number of rotatable bonds is 8. The van der Waals surface area contributed by atoms with Gasteiger partial charge in [0.2, 0.25) is 5.91 Å². The van der Waals surface area contributed by atoms with Crippen LogP contribution in [-0.2, 0) is 11.8 Å². The second kappa shape index (κ2) is 11.2. The number of imidazole rings is 1. The van der Waals surface area contributed by atoms with Gasteiger partial charge < -0.3 is 24.1 Å². The summed E-state index contributed by atoms with van der Waals surface area (Å²) in [4.78, 5) is 28.4. The molecule has 1 aromatic heterocycles. The van der Waals surface area contributed by atoms with Crippen molar-refractivity contribution in [3.8, 4) is 23.0 Å². The largest absolute Gasteiger partial charge is 0.493 e. The molecule has 0 aliphatic heterocycles. The quantitative estimate of drug-likeness (QED) is 0.293. The summed E-state index contributed by atoms with van der Waals surface area (Å²) >= 11 is 7.65. The molecule has 2 N–H and O–H groups in total. The van der Waals surface area contributed by atoms with E-state index < -0.39 is 11.9 Å². The summed E-state index contributed by atoms with van der Waals surface area (Å²) < 4.78 is 18.6. The van der Waals surface area contributed by atoms with Crippen molar-refractivity contribution in [3.63, 3.8) is 0 Å². The molecule has 0 spiro atoms. The maximum Gasteiger partial charge on any atom is 0.325 e. The molecule has 4 aromatic rings. The highest BCUT2D eigenvalue weighted by Gasteiger charge is 2.14. The summed E-state index contributed by atoms with van der Waals surface area (Å²) in [6.45, 7) is 0. The first-order chi connectivity index (χ1) is 17.4. The number of carbonyl (C=O) groups is 2. The number of hydrogen-bond donors (Lipinski definition) is 2. The average molecular weight is 527 g/mol. The summed E-state index contributed by atoms with van der Waals surface area (Å²) in [5.41, 5.74) is 0.402. The van der Waals surface area contributed by atoms with E-state index in [-0.39, 0.29) is 10.8 Å². The molecule has 3 amide bonds. The standard InChI is InChI=1S/C25H23ClN4O5S/c1-30-10-9-27-25(30)36-14-23(31)29-24(32)28-16-7-8-20(18(26)12-16)35-19-6-4-5-15-11-21(33-2)22(34-3)13-17(15)19/h4-13H,14H2,1-3H3,(H2,28,29,31,32). The zero-order chi connectivity index (χ0) is 25.7. The van der Waals surface area contributed by atoms with Gasteiger partial charge in [-0.25, -0.2) is 9.78 Å². The fourth-order valence-corrected chi connectivity index (χ4v) is 4.34. The summed E-state index contributed by atoms with van der Waals surface area (Å²) in [6.07, 6.45) is 3.41. The van der Waals surface area contributed by atoms with Crippen LogP contribution in [0, 0.1) is 0 Å². The van der Waals surface area contributed by atoms with Gasteiger partial charge in [-0.2, -0.15) is 0 Å². The number of benzene rings is 3. The smallest absolute Gasteiger partial charge is 0.325 e. The number of thioether (sulfide) groups is 1. The molecule has 0 aliphatic carbocycles. The third kappa shape index (κ3) is 5.84. The number of carbonyl (C=O) groups excluding carboxylic acids is 2. The molecule has 0 unspecified atom stereocenters. The van der Waals surface area contributed by atoms with Gasteiger partial charge in [0.05, 0.1) is 25.0 Å². The molecular formula is C25H23ClN4O5S. The van der Waals surface area contributed by atoms with Crippen LogP contribution in [0.5, 0.6) is 23.0 Å². The first-order valence-electron chi connectivity index (χ1n) is 10.7. The number of halogens is 1. The van der Waals surface area contributed by atoms with Crippen molar-refractivity contribution in [1.82, 2.24) is 14.9 Å². The summed E-state index contributed by atoms with van der Waals surface area (Å²) in [5.74, 6) is 1.76. The number of aryl methyl sites for hydroxylation is 1. The molecule has 0 saturated heterocycles. The Morgan fingerprint density at radius 2 is 1.81 bits per heavy atom. The van der Waals surface area contributed by atoms with E-state index in [1.165, 1.54) is 11.8 Å². The lowest BCUT2D eigenvalue weighted by atomic mass is 10.1. The van der Waals surface area contributed by atoms with E-state index in [1.807, 2.05) is 37.4 Å². The Morgan fingerprint density at radius 1 is 1.03 bits per heavy atom. The fourth-order valence-electron chi connectivity index (χ4n) is 3.39. The highest BCUT2D eigenvalue weighted by molar-refractivity contribution is 7.99. The van der Waals surface area contributed by atoms with E-state index in [2.05, 4.69) is 15.6 Å². The third-order valence-corrected chi connectivity index (χ3v) is 6.47. The predicted molar refractivity (Wildman–Crippen MR) is 140 cm³/mol. The van der Waals surface area contributed by atoms with Crippen LogP contribution < -0.4 is 24.8 Å². The molecule has 0 aliphatic rings. The first kappa shape index (κ1) is 25.2. The van der Waals surface area contributed by atoms with Crippen LogP contribution in [0.2, 0.25) is 5.02 Å². The van der Waals surface area contributed by atoms with Crippen LogP contribution >= 0.6 is 23.4 Å². The number of urea groups is 1. The highest BCUT2D eigenvalue weighted by Crippen LogP contribution is 2.39. The van der Waals surface area contributed by atoms with E-state index >= 15 is 0 Å². The first-order valence-corrected chi connectivity index (χ1v) is 12.1. The van der Waals surface area contributed by atoms with E-state index in [0.29, 0.717) is 33.8 Å². The summed E-state index contributed by atoms with van der Waals surface area (Å²) in [5, 5.41) is 7.55. The molecule has 3 aromatic carbocycles. The maximum atomic E-state index is 12.2. The Kier molecular flexibility index (Phi) is 7.87. The van der Waals surface area contributed by atoms with Crippen LogP contribution in [0.25, 0.3) is 10.8 Å². The van der Waals surface area contributed by atoms with Crippen LogP contribution in [0.3, 0.4) is 0 Å². The van der Waals surface area contributed by atoms with Gasteiger partial charge >= 0.3 is 6.03 Å². The van der Waals surface area contributed by atoms with Gasteiger partial charge in [0.25, 0.3) is 0 Å². The zero-order valence-electron chi connectivity index (χ0n) is 19.7.